The number of aryl methyl sites for hydroxylation is 2. The highest BCUT2D eigenvalue weighted by Crippen LogP contribution is 2.29. The van der Waals surface area contributed by atoms with Crippen LogP contribution in [-0.4, -0.2) is 82.5 Å². The number of halogens is 1. The molecule has 0 spiro atoms. The highest BCUT2D eigenvalue weighted by molar-refractivity contribution is 5.73. The monoisotopic (exact) mass is 554 g/mol. The molecule has 1 fully saturated rings. The maximum atomic E-state index is 13.3. The van der Waals surface area contributed by atoms with Gasteiger partial charge in [0.2, 0.25) is 5.91 Å². The molecule has 0 saturated carbocycles. The van der Waals surface area contributed by atoms with Crippen molar-refractivity contribution in [2.24, 2.45) is 0 Å². The molecule has 0 bridgehead atoms. The maximum absolute atomic E-state index is 13.3. The van der Waals surface area contributed by atoms with Gasteiger partial charge in [0.15, 0.2) is 11.5 Å². The summed E-state index contributed by atoms with van der Waals surface area (Å²) in [6, 6.07) is 11.5. The minimum absolute atomic E-state index is 0.0339. The minimum Gasteiger partial charge on any atom is -0.493 e. The number of β-amino-alcohol motifs (C(OH)–C–C–N with tert-alkyl or cyclic N) is 1. The highest BCUT2D eigenvalue weighted by Gasteiger charge is 2.37. The van der Waals surface area contributed by atoms with Gasteiger partial charge in [0.25, 0.3) is 0 Å². The van der Waals surface area contributed by atoms with Gasteiger partial charge in [-0.05, 0) is 48.4 Å². The van der Waals surface area contributed by atoms with Crippen LogP contribution in [0.1, 0.15) is 31.7 Å². The molecule has 1 atom stereocenters. The van der Waals surface area contributed by atoms with Crippen molar-refractivity contribution in [3.8, 4) is 17.2 Å². The summed E-state index contributed by atoms with van der Waals surface area (Å²) in [5, 5.41) is 11.5. The Morgan fingerprint density at radius 2 is 1.90 bits per heavy atom. The van der Waals surface area contributed by atoms with Gasteiger partial charge >= 0.3 is 0 Å². The number of hydrogen-bond donors (Lipinski definition) is 1. The molecule has 1 aliphatic rings. The predicted octanol–water partition coefficient (Wildman–Crippen LogP) is 3.54. The van der Waals surface area contributed by atoms with Gasteiger partial charge in [0.1, 0.15) is 29.6 Å². The summed E-state index contributed by atoms with van der Waals surface area (Å²) in [7, 11) is 1.62. The number of aromatic nitrogens is 2. The molecule has 10 heteroatoms. The van der Waals surface area contributed by atoms with Gasteiger partial charge in [-0.2, -0.15) is 0 Å². The van der Waals surface area contributed by atoms with Crippen molar-refractivity contribution in [1.82, 2.24) is 19.4 Å². The van der Waals surface area contributed by atoms with Crippen LogP contribution in [0.25, 0.3) is 0 Å². The Hall–Kier alpha value is -3.63. The average Bonchev–Trinajstić information content (AvgIpc) is 3.33. The summed E-state index contributed by atoms with van der Waals surface area (Å²) in [5.74, 6) is 2.37. The summed E-state index contributed by atoms with van der Waals surface area (Å²) >= 11 is 0. The second kappa shape index (κ2) is 13.6. The molecule has 0 aliphatic carbocycles. The molecule has 1 aromatic heterocycles. The van der Waals surface area contributed by atoms with E-state index in [4.69, 9.17) is 14.2 Å². The zero-order valence-corrected chi connectivity index (χ0v) is 23.5. The third-order valence-corrected chi connectivity index (χ3v) is 7.01. The fourth-order valence-corrected chi connectivity index (χ4v) is 4.95. The minimum atomic E-state index is -1.31. The van der Waals surface area contributed by atoms with Crippen LogP contribution < -0.4 is 14.2 Å². The van der Waals surface area contributed by atoms with Crippen LogP contribution in [0.5, 0.6) is 17.2 Å². The highest BCUT2D eigenvalue weighted by atomic mass is 19.1. The molecule has 1 aliphatic heterocycles. The summed E-state index contributed by atoms with van der Waals surface area (Å²) in [6.07, 6.45) is 5.55. The lowest BCUT2D eigenvalue weighted by molar-refractivity contribution is -0.132. The number of imidazole rings is 1. The van der Waals surface area contributed by atoms with Gasteiger partial charge in [-0.1, -0.05) is 13.0 Å². The van der Waals surface area contributed by atoms with E-state index >= 15 is 0 Å². The number of ether oxygens (including phenoxy) is 3. The molecule has 2 aromatic carbocycles. The van der Waals surface area contributed by atoms with E-state index in [2.05, 4.69) is 21.4 Å². The number of benzene rings is 2. The van der Waals surface area contributed by atoms with Crippen molar-refractivity contribution in [2.75, 3.05) is 46.5 Å². The summed E-state index contributed by atoms with van der Waals surface area (Å²) in [6.45, 7) is 7.01. The van der Waals surface area contributed by atoms with Crippen LogP contribution >= 0.6 is 0 Å². The van der Waals surface area contributed by atoms with Gasteiger partial charge in [0, 0.05) is 58.5 Å². The van der Waals surface area contributed by atoms with Gasteiger partial charge in [0.05, 0.1) is 20.3 Å². The van der Waals surface area contributed by atoms with E-state index in [1.54, 1.807) is 12.0 Å². The number of rotatable bonds is 12. The topological polar surface area (TPSA) is 89.3 Å². The first-order valence-corrected chi connectivity index (χ1v) is 13.7. The van der Waals surface area contributed by atoms with Crippen molar-refractivity contribution >= 4 is 5.91 Å². The van der Waals surface area contributed by atoms with Crippen molar-refractivity contribution < 1.29 is 28.5 Å². The Balaban J connectivity index is 1.38. The molecule has 0 radical (unpaired) electrons. The molecule has 3 aromatic rings. The average molecular weight is 555 g/mol. The number of nitrogens with zero attached hydrogens (tertiary/aromatic N) is 4. The molecular weight excluding hydrogens is 515 g/mol. The smallest absolute Gasteiger partial charge is 0.219 e. The van der Waals surface area contributed by atoms with Crippen molar-refractivity contribution in [1.29, 1.82) is 0 Å². The maximum Gasteiger partial charge on any atom is 0.219 e. The van der Waals surface area contributed by atoms with E-state index in [1.807, 2.05) is 30.6 Å². The number of aliphatic hydroxyl groups is 1. The molecule has 2 heterocycles. The van der Waals surface area contributed by atoms with Crippen molar-refractivity contribution in [3.63, 3.8) is 0 Å². The van der Waals surface area contributed by atoms with Crippen molar-refractivity contribution in [2.45, 2.75) is 45.4 Å². The van der Waals surface area contributed by atoms with E-state index in [0.717, 1.165) is 30.8 Å². The lowest BCUT2D eigenvalue weighted by Crippen LogP contribution is -2.51. The van der Waals surface area contributed by atoms with E-state index in [9.17, 15) is 14.3 Å². The van der Waals surface area contributed by atoms with Crippen LogP contribution in [0.4, 0.5) is 4.39 Å². The third-order valence-electron chi connectivity index (χ3n) is 7.01. The standard InChI is InChI=1S/C30H39FN4O5/c1-4-29-32-12-14-34(29)13-5-17-39-27-11-6-24(18-28(27)38-3)19-33-15-16-35(23(2)36)21-30(37,20-33)22-40-26-9-7-25(31)8-10-26/h6-12,14,18,37H,4-5,13,15-17,19-22H2,1-3H3/t30-/m1/s1. The normalized spacial score (nSPS) is 17.9. The van der Waals surface area contributed by atoms with Crippen LogP contribution in [0.3, 0.4) is 0 Å². The zero-order chi connectivity index (χ0) is 28.5. The summed E-state index contributed by atoms with van der Waals surface area (Å²) in [5.41, 5.74) is -0.315. The van der Waals surface area contributed by atoms with Crippen molar-refractivity contribution in [3.05, 3.63) is 72.1 Å². The fourth-order valence-electron chi connectivity index (χ4n) is 4.95. The van der Waals surface area contributed by atoms with Crippen LogP contribution in [-0.2, 0) is 24.3 Å². The Bertz CT molecular complexity index is 1250. The second-order valence-electron chi connectivity index (χ2n) is 10.2. The molecule has 216 valence electrons. The summed E-state index contributed by atoms with van der Waals surface area (Å²) in [4.78, 5) is 20.3. The fraction of sp³-hybridized carbons (Fsp3) is 0.467. The second-order valence-corrected chi connectivity index (χ2v) is 10.2. The molecule has 1 saturated heterocycles. The van der Waals surface area contributed by atoms with Gasteiger partial charge in [-0.25, -0.2) is 9.37 Å². The van der Waals surface area contributed by atoms with Gasteiger partial charge in [-0.15, -0.1) is 0 Å². The SMILES string of the molecule is CCc1nccn1CCCOc1ccc(CN2CCN(C(C)=O)C[C@@](O)(COc3ccc(F)cc3)C2)cc1OC. The van der Waals surface area contributed by atoms with E-state index in [-0.39, 0.29) is 24.9 Å². The number of hydrogen-bond acceptors (Lipinski definition) is 7. The van der Waals surface area contributed by atoms with Gasteiger partial charge in [-0.3, -0.25) is 9.69 Å². The first-order valence-electron chi connectivity index (χ1n) is 13.7. The molecule has 1 amide bonds. The molecule has 9 nitrogen and oxygen atoms in total. The number of methoxy groups -OCH3 is 1. The third kappa shape index (κ3) is 7.95. The number of carbonyl (C=O) groups is 1. The van der Waals surface area contributed by atoms with Crippen LogP contribution in [0.2, 0.25) is 0 Å². The number of carbonyl (C=O) groups excluding carboxylic acids is 1. The molecule has 1 N–H and O–H groups in total. The molecule has 4 rings (SSSR count). The first kappa shape index (κ1) is 29.4. The first-order chi connectivity index (χ1) is 19.3. The number of amides is 1. The van der Waals surface area contributed by atoms with E-state index < -0.39 is 5.60 Å². The Labute approximate surface area is 235 Å². The Morgan fingerprint density at radius 3 is 2.62 bits per heavy atom. The lowest BCUT2D eigenvalue weighted by atomic mass is 10.0. The van der Waals surface area contributed by atoms with Crippen LogP contribution in [0, 0.1) is 5.82 Å². The lowest BCUT2D eigenvalue weighted by Gasteiger charge is -2.32. The Kier molecular flexibility index (Phi) is 10.0. The molecule has 0 unspecified atom stereocenters. The Morgan fingerprint density at radius 1 is 1.10 bits per heavy atom. The zero-order valence-electron chi connectivity index (χ0n) is 23.5. The largest absolute Gasteiger partial charge is 0.493 e. The molecule has 40 heavy (non-hydrogen) atoms. The predicted molar refractivity (Wildman–Crippen MR) is 149 cm³/mol. The summed E-state index contributed by atoms with van der Waals surface area (Å²) < 4.78 is 32.8. The van der Waals surface area contributed by atoms with Crippen LogP contribution in [0.15, 0.2) is 54.9 Å². The van der Waals surface area contributed by atoms with Gasteiger partial charge < -0.3 is 28.8 Å². The van der Waals surface area contributed by atoms with E-state index in [1.165, 1.54) is 31.2 Å². The molecular formula is C30H39FN4O5. The quantitative estimate of drug-likeness (QED) is 0.343. The van der Waals surface area contributed by atoms with E-state index in [0.29, 0.717) is 50.0 Å².